The van der Waals surface area contributed by atoms with Gasteiger partial charge in [-0.05, 0) is 45.1 Å². The van der Waals surface area contributed by atoms with Crippen LogP contribution in [0.25, 0.3) is 0 Å². The molecule has 0 bridgehead atoms. The monoisotopic (exact) mass is 283 g/mol. The topological polar surface area (TPSA) is 66.6 Å². The van der Waals surface area contributed by atoms with Gasteiger partial charge in [0.05, 0.1) is 5.69 Å². The first-order valence-electron chi connectivity index (χ1n) is 6.44. The molecule has 0 atom stereocenters. The van der Waals surface area contributed by atoms with Gasteiger partial charge in [-0.2, -0.15) is 4.31 Å². The number of anilines is 1. The van der Waals surface area contributed by atoms with Crippen LogP contribution in [0.4, 0.5) is 5.69 Å². The van der Waals surface area contributed by atoms with E-state index in [9.17, 15) is 8.42 Å². The zero-order valence-corrected chi connectivity index (χ0v) is 12.2. The molecule has 0 amide bonds. The second kappa shape index (κ2) is 5.48. The highest BCUT2D eigenvalue weighted by Crippen LogP contribution is 2.25. The molecule has 2 rings (SSSR count). The minimum Gasteiger partial charge on any atom is -0.398 e. The fraction of sp³-hybridized carbons (Fsp3) is 0.538. The molecule has 1 aromatic rings. The van der Waals surface area contributed by atoms with Crippen LogP contribution in [-0.2, 0) is 10.0 Å². The van der Waals surface area contributed by atoms with Crippen LogP contribution in [0.5, 0.6) is 0 Å². The number of likely N-dealkylation sites (tertiary alicyclic amines) is 1. The van der Waals surface area contributed by atoms with Gasteiger partial charge in [-0.15, -0.1) is 0 Å². The number of hydrogen-bond acceptors (Lipinski definition) is 4. The number of benzene rings is 1. The molecule has 1 aromatic carbocycles. The summed E-state index contributed by atoms with van der Waals surface area (Å²) in [4.78, 5) is 2.42. The van der Waals surface area contributed by atoms with E-state index in [1.165, 1.54) is 4.31 Å². The molecule has 1 aliphatic heterocycles. The van der Waals surface area contributed by atoms with Crippen molar-refractivity contribution in [3.63, 3.8) is 0 Å². The van der Waals surface area contributed by atoms with Gasteiger partial charge in [0.2, 0.25) is 10.0 Å². The van der Waals surface area contributed by atoms with Crippen molar-refractivity contribution in [1.29, 1.82) is 0 Å². The molecule has 0 aliphatic carbocycles. The highest BCUT2D eigenvalue weighted by molar-refractivity contribution is 7.89. The van der Waals surface area contributed by atoms with Gasteiger partial charge in [0.25, 0.3) is 0 Å². The molecule has 0 unspecified atom stereocenters. The van der Waals surface area contributed by atoms with Crippen LogP contribution in [0.1, 0.15) is 12.8 Å². The third kappa shape index (κ3) is 2.91. The van der Waals surface area contributed by atoms with Crippen molar-refractivity contribution in [1.82, 2.24) is 9.21 Å². The van der Waals surface area contributed by atoms with Gasteiger partial charge in [-0.1, -0.05) is 12.1 Å². The molecule has 1 saturated heterocycles. The van der Waals surface area contributed by atoms with Gasteiger partial charge in [-0.25, -0.2) is 8.42 Å². The lowest BCUT2D eigenvalue weighted by molar-refractivity contribution is 0.197. The molecule has 1 fully saturated rings. The molecule has 0 aromatic heterocycles. The second-order valence-electron chi connectivity index (χ2n) is 5.09. The third-order valence-electron chi connectivity index (χ3n) is 3.78. The number of sulfonamides is 1. The predicted molar refractivity (Wildman–Crippen MR) is 76.3 cm³/mol. The summed E-state index contributed by atoms with van der Waals surface area (Å²) in [6, 6.07) is 6.68. The van der Waals surface area contributed by atoms with Crippen molar-refractivity contribution in [3.8, 4) is 0 Å². The molecular formula is C13H21N3O2S. The van der Waals surface area contributed by atoms with Crippen molar-refractivity contribution >= 4 is 15.7 Å². The van der Waals surface area contributed by atoms with E-state index in [1.54, 1.807) is 31.3 Å². The smallest absolute Gasteiger partial charge is 0.245 e. The number of rotatable bonds is 3. The lowest BCUT2D eigenvalue weighted by Crippen LogP contribution is -2.44. The molecule has 19 heavy (non-hydrogen) atoms. The minimum absolute atomic E-state index is 0.0563. The van der Waals surface area contributed by atoms with Crippen molar-refractivity contribution in [2.75, 3.05) is 32.9 Å². The third-order valence-corrected chi connectivity index (χ3v) is 5.76. The van der Waals surface area contributed by atoms with Gasteiger partial charge in [0.1, 0.15) is 4.90 Å². The van der Waals surface area contributed by atoms with Gasteiger partial charge >= 0.3 is 0 Å². The van der Waals surface area contributed by atoms with Gasteiger partial charge in [0.15, 0.2) is 0 Å². The van der Waals surface area contributed by atoms with Crippen LogP contribution >= 0.6 is 0 Å². The van der Waals surface area contributed by atoms with E-state index < -0.39 is 10.0 Å². The summed E-state index contributed by atoms with van der Waals surface area (Å²) in [7, 11) is 0.209. The average molecular weight is 283 g/mol. The molecule has 0 radical (unpaired) electrons. The first-order chi connectivity index (χ1) is 8.93. The van der Waals surface area contributed by atoms with Crippen molar-refractivity contribution < 1.29 is 8.42 Å². The van der Waals surface area contributed by atoms with E-state index in [0.29, 0.717) is 5.69 Å². The predicted octanol–water partition coefficient (Wildman–Crippen LogP) is 0.983. The highest BCUT2D eigenvalue weighted by atomic mass is 32.2. The summed E-state index contributed by atoms with van der Waals surface area (Å²) in [5.74, 6) is 0. The molecule has 6 heteroatoms. The molecule has 0 spiro atoms. The van der Waals surface area contributed by atoms with Crippen LogP contribution in [-0.4, -0.2) is 50.8 Å². The van der Waals surface area contributed by atoms with Crippen molar-refractivity contribution in [3.05, 3.63) is 24.3 Å². The summed E-state index contributed by atoms with van der Waals surface area (Å²) in [5, 5.41) is 0. The summed E-state index contributed by atoms with van der Waals surface area (Å²) >= 11 is 0. The Bertz CT molecular complexity index is 537. The van der Waals surface area contributed by atoms with Crippen molar-refractivity contribution in [2.45, 2.75) is 23.8 Å². The Morgan fingerprint density at radius 3 is 2.42 bits per heavy atom. The van der Waals surface area contributed by atoms with E-state index in [0.717, 1.165) is 25.9 Å². The molecule has 5 nitrogen and oxygen atoms in total. The maximum absolute atomic E-state index is 12.6. The van der Waals surface area contributed by atoms with Crippen LogP contribution in [0, 0.1) is 0 Å². The molecule has 2 N–H and O–H groups in total. The Balaban J connectivity index is 2.23. The van der Waals surface area contributed by atoms with Crippen LogP contribution < -0.4 is 5.73 Å². The first-order valence-corrected chi connectivity index (χ1v) is 7.88. The summed E-state index contributed by atoms with van der Waals surface area (Å²) < 4.78 is 26.6. The molecule has 1 aliphatic rings. The molecule has 1 heterocycles. The normalized spacial score (nSPS) is 18.9. The van der Waals surface area contributed by atoms with Gasteiger partial charge in [-0.3, -0.25) is 0 Å². The maximum Gasteiger partial charge on any atom is 0.245 e. The fourth-order valence-electron chi connectivity index (χ4n) is 2.43. The Hall–Kier alpha value is -1.11. The van der Waals surface area contributed by atoms with E-state index in [4.69, 9.17) is 5.73 Å². The highest BCUT2D eigenvalue weighted by Gasteiger charge is 2.31. The number of hydrogen-bond donors (Lipinski definition) is 1. The van der Waals surface area contributed by atoms with E-state index in [2.05, 4.69) is 11.9 Å². The SMILES string of the molecule is CN1CCC(N(C)S(=O)(=O)c2ccccc2N)CC1. The number of piperidine rings is 1. The van der Waals surface area contributed by atoms with Crippen LogP contribution in [0.15, 0.2) is 29.2 Å². The van der Waals surface area contributed by atoms with Crippen molar-refractivity contribution in [2.24, 2.45) is 0 Å². The lowest BCUT2D eigenvalue weighted by Gasteiger charge is -2.34. The fourth-order valence-corrected chi connectivity index (χ4v) is 3.96. The van der Waals surface area contributed by atoms with Crippen LogP contribution in [0.2, 0.25) is 0 Å². The largest absolute Gasteiger partial charge is 0.398 e. The minimum atomic E-state index is -3.50. The van der Waals surface area contributed by atoms with E-state index >= 15 is 0 Å². The molecule has 0 saturated carbocycles. The Morgan fingerprint density at radius 1 is 1.26 bits per heavy atom. The summed E-state index contributed by atoms with van der Waals surface area (Å²) in [5.41, 5.74) is 6.09. The number of nitrogens with zero attached hydrogens (tertiary/aromatic N) is 2. The molecule has 106 valence electrons. The average Bonchev–Trinajstić information content (AvgIpc) is 2.39. The standard InChI is InChI=1S/C13H21N3O2S/c1-15-9-7-11(8-10-15)16(2)19(17,18)13-6-4-3-5-12(13)14/h3-6,11H,7-10,14H2,1-2H3. The summed E-state index contributed by atoms with van der Waals surface area (Å²) in [6.45, 7) is 1.85. The number of nitrogen functional groups attached to an aromatic ring is 1. The second-order valence-corrected chi connectivity index (χ2v) is 7.06. The number of nitrogens with two attached hydrogens (primary N) is 1. The first kappa shape index (κ1) is 14.3. The van der Waals surface area contributed by atoms with E-state index in [-0.39, 0.29) is 10.9 Å². The maximum atomic E-state index is 12.6. The summed E-state index contributed by atoms with van der Waals surface area (Å²) in [6.07, 6.45) is 1.72. The zero-order valence-electron chi connectivity index (χ0n) is 11.4. The van der Waals surface area contributed by atoms with Gasteiger partial charge in [0, 0.05) is 13.1 Å². The van der Waals surface area contributed by atoms with Crippen LogP contribution in [0.3, 0.4) is 0 Å². The quantitative estimate of drug-likeness (QED) is 0.840. The number of para-hydroxylation sites is 1. The van der Waals surface area contributed by atoms with E-state index in [1.807, 2.05) is 0 Å². The zero-order chi connectivity index (χ0) is 14.0. The lowest BCUT2D eigenvalue weighted by atomic mass is 10.1. The Labute approximate surface area is 115 Å². The molecular weight excluding hydrogens is 262 g/mol. The Kier molecular flexibility index (Phi) is 4.13. The Morgan fingerprint density at radius 2 is 1.84 bits per heavy atom. The van der Waals surface area contributed by atoms with Gasteiger partial charge < -0.3 is 10.6 Å².